The maximum atomic E-state index is 13.1. The number of nitrogens with two attached hydrogens (primary N) is 1. The number of carbonyl (C=O) groups excluding carboxylic acids is 3. The molecule has 1 heterocycles. The standard InChI is InChI=1S/C27H34ClN5O3/c1-4-12-32(13-5-2)24(35)21-10-6-8-19(14-21)17-30-23(34)16-27(3)25(36)33(26(29)31-27)18-20-9-7-11-22(28)15-20/h6-11,14-15H,4-5,12-13,16-18H2,1-3H3,(H2,29,31)(H,30,34). The number of guanidine groups is 1. The van der Waals surface area contributed by atoms with Crippen molar-refractivity contribution in [2.75, 3.05) is 13.1 Å². The highest BCUT2D eigenvalue weighted by atomic mass is 35.5. The highest BCUT2D eigenvalue weighted by molar-refractivity contribution is 6.30. The Kier molecular flexibility index (Phi) is 9.09. The number of rotatable bonds is 11. The summed E-state index contributed by atoms with van der Waals surface area (Å²) in [5.41, 5.74) is 6.96. The van der Waals surface area contributed by atoms with Gasteiger partial charge in [-0.25, -0.2) is 4.99 Å². The van der Waals surface area contributed by atoms with Crippen molar-refractivity contribution < 1.29 is 14.4 Å². The number of amides is 3. The van der Waals surface area contributed by atoms with Crippen molar-refractivity contribution >= 4 is 35.3 Å². The van der Waals surface area contributed by atoms with Gasteiger partial charge in [0.1, 0.15) is 5.54 Å². The summed E-state index contributed by atoms with van der Waals surface area (Å²) in [6.45, 7) is 7.57. The Morgan fingerprint density at radius 3 is 2.42 bits per heavy atom. The first-order valence-electron chi connectivity index (χ1n) is 12.2. The average Bonchev–Trinajstić information content (AvgIpc) is 3.05. The minimum atomic E-state index is -1.29. The lowest BCUT2D eigenvalue weighted by molar-refractivity contribution is -0.134. The lowest BCUT2D eigenvalue weighted by Gasteiger charge is -2.22. The van der Waals surface area contributed by atoms with Crippen molar-refractivity contribution in [3.05, 3.63) is 70.2 Å². The summed E-state index contributed by atoms with van der Waals surface area (Å²) in [6, 6.07) is 14.4. The molecule has 0 spiro atoms. The maximum absolute atomic E-state index is 13.1. The summed E-state index contributed by atoms with van der Waals surface area (Å²) >= 11 is 6.04. The molecule has 3 amide bonds. The second-order valence-electron chi connectivity index (χ2n) is 9.21. The predicted molar refractivity (Wildman–Crippen MR) is 141 cm³/mol. The molecule has 1 atom stereocenters. The summed E-state index contributed by atoms with van der Waals surface area (Å²) < 4.78 is 0. The van der Waals surface area contributed by atoms with E-state index in [0.29, 0.717) is 23.7 Å². The van der Waals surface area contributed by atoms with E-state index in [1.807, 2.05) is 36.9 Å². The SMILES string of the molecule is CCCN(CCC)C(=O)c1cccc(CNC(=O)CC2(C)N=C(N)N(Cc3cccc(Cl)c3)C2=O)c1. The fourth-order valence-corrected chi connectivity index (χ4v) is 4.48. The monoisotopic (exact) mass is 511 g/mol. The average molecular weight is 512 g/mol. The molecule has 0 bridgehead atoms. The van der Waals surface area contributed by atoms with Gasteiger partial charge in [0.05, 0.1) is 13.0 Å². The smallest absolute Gasteiger partial charge is 0.257 e. The number of benzene rings is 2. The lowest BCUT2D eigenvalue weighted by Crippen LogP contribution is -2.44. The fourth-order valence-electron chi connectivity index (χ4n) is 4.27. The molecule has 8 nitrogen and oxygen atoms in total. The maximum Gasteiger partial charge on any atom is 0.257 e. The molecule has 3 N–H and O–H groups in total. The van der Waals surface area contributed by atoms with E-state index in [1.165, 1.54) is 4.90 Å². The molecule has 0 saturated carbocycles. The zero-order chi connectivity index (χ0) is 26.3. The minimum Gasteiger partial charge on any atom is -0.369 e. The van der Waals surface area contributed by atoms with Crippen molar-refractivity contribution in [1.29, 1.82) is 0 Å². The zero-order valence-corrected chi connectivity index (χ0v) is 21.8. The van der Waals surface area contributed by atoms with Gasteiger partial charge in [-0.2, -0.15) is 0 Å². The Morgan fingerprint density at radius 1 is 1.08 bits per heavy atom. The van der Waals surface area contributed by atoms with Gasteiger partial charge < -0.3 is 16.0 Å². The Labute approximate surface area is 217 Å². The van der Waals surface area contributed by atoms with Crippen molar-refractivity contribution in [3.8, 4) is 0 Å². The number of hydrogen-bond acceptors (Lipinski definition) is 5. The molecule has 2 aromatic carbocycles. The first kappa shape index (κ1) is 27.2. The van der Waals surface area contributed by atoms with E-state index in [1.54, 1.807) is 37.3 Å². The molecule has 2 aromatic rings. The number of aliphatic imine (C=N–C) groups is 1. The number of halogens is 1. The van der Waals surface area contributed by atoms with Gasteiger partial charge in [-0.05, 0) is 55.2 Å². The molecule has 1 aliphatic heterocycles. The van der Waals surface area contributed by atoms with Gasteiger partial charge in [0.2, 0.25) is 5.91 Å². The van der Waals surface area contributed by atoms with Gasteiger partial charge in [0, 0.05) is 30.2 Å². The van der Waals surface area contributed by atoms with Gasteiger partial charge in [0.25, 0.3) is 11.8 Å². The topological polar surface area (TPSA) is 108 Å². The molecule has 36 heavy (non-hydrogen) atoms. The third-order valence-corrected chi connectivity index (χ3v) is 6.25. The van der Waals surface area contributed by atoms with Gasteiger partial charge in [0.15, 0.2) is 5.96 Å². The molecule has 1 aliphatic rings. The van der Waals surface area contributed by atoms with Crippen molar-refractivity contribution in [1.82, 2.24) is 15.1 Å². The van der Waals surface area contributed by atoms with Crippen molar-refractivity contribution in [3.63, 3.8) is 0 Å². The molecule has 0 aromatic heterocycles. The molecule has 0 aliphatic carbocycles. The van der Waals surface area contributed by atoms with E-state index in [-0.39, 0.29) is 43.2 Å². The highest BCUT2D eigenvalue weighted by Crippen LogP contribution is 2.27. The summed E-state index contributed by atoms with van der Waals surface area (Å²) in [4.78, 5) is 46.3. The Morgan fingerprint density at radius 2 is 1.75 bits per heavy atom. The molecule has 0 fully saturated rings. The molecule has 1 unspecified atom stereocenters. The Bertz CT molecular complexity index is 1150. The van der Waals surface area contributed by atoms with Crippen LogP contribution in [0.4, 0.5) is 0 Å². The van der Waals surface area contributed by atoms with Crippen LogP contribution in [-0.4, -0.2) is 52.1 Å². The summed E-state index contributed by atoms with van der Waals surface area (Å²) in [7, 11) is 0. The fraction of sp³-hybridized carbons (Fsp3) is 0.407. The van der Waals surface area contributed by atoms with Gasteiger partial charge in [-0.3, -0.25) is 19.3 Å². The van der Waals surface area contributed by atoms with Crippen molar-refractivity contribution in [2.24, 2.45) is 10.7 Å². The summed E-state index contributed by atoms with van der Waals surface area (Å²) in [5.74, 6) is -0.609. The van der Waals surface area contributed by atoms with Crippen LogP contribution < -0.4 is 11.1 Å². The van der Waals surface area contributed by atoms with Crippen LogP contribution in [0.1, 0.15) is 61.5 Å². The molecular weight excluding hydrogens is 478 g/mol. The first-order valence-corrected chi connectivity index (χ1v) is 12.6. The molecule has 0 radical (unpaired) electrons. The van der Waals surface area contributed by atoms with E-state index >= 15 is 0 Å². The molecule has 0 saturated heterocycles. The largest absolute Gasteiger partial charge is 0.369 e. The van der Waals surface area contributed by atoms with E-state index in [9.17, 15) is 14.4 Å². The van der Waals surface area contributed by atoms with Crippen molar-refractivity contribution in [2.45, 2.75) is 58.7 Å². The second-order valence-corrected chi connectivity index (χ2v) is 9.65. The lowest BCUT2D eigenvalue weighted by atomic mass is 9.97. The predicted octanol–water partition coefficient (Wildman–Crippen LogP) is 3.72. The van der Waals surface area contributed by atoms with Gasteiger partial charge in [-0.1, -0.05) is 49.7 Å². The highest BCUT2D eigenvalue weighted by Gasteiger charge is 2.45. The van der Waals surface area contributed by atoms with Crippen LogP contribution in [0.3, 0.4) is 0 Å². The van der Waals surface area contributed by atoms with Crippen LogP contribution in [0.15, 0.2) is 53.5 Å². The molecule has 9 heteroatoms. The Hall–Kier alpha value is -3.39. The third-order valence-electron chi connectivity index (χ3n) is 6.02. The summed E-state index contributed by atoms with van der Waals surface area (Å²) in [5, 5.41) is 3.40. The van der Waals surface area contributed by atoms with E-state index in [4.69, 9.17) is 17.3 Å². The van der Waals surface area contributed by atoms with Gasteiger partial charge >= 0.3 is 0 Å². The van der Waals surface area contributed by atoms with Crippen LogP contribution in [-0.2, 0) is 22.7 Å². The second kappa shape index (κ2) is 12.0. The minimum absolute atomic E-state index is 0.0134. The third kappa shape index (κ3) is 6.63. The number of carbonyl (C=O) groups is 3. The molecular formula is C27H34ClN5O3. The van der Waals surface area contributed by atoms with Crippen LogP contribution in [0.2, 0.25) is 5.02 Å². The van der Waals surface area contributed by atoms with E-state index in [0.717, 1.165) is 24.0 Å². The number of hydrogen-bond donors (Lipinski definition) is 2. The molecule has 192 valence electrons. The zero-order valence-electron chi connectivity index (χ0n) is 21.1. The quantitative estimate of drug-likeness (QED) is 0.479. The first-order chi connectivity index (χ1) is 17.2. The number of nitrogens with zero attached hydrogens (tertiary/aromatic N) is 3. The van der Waals surface area contributed by atoms with Crippen LogP contribution in [0, 0.1) is 0 Å². The Balaban J connectivity index is 1.60. The van der Waals surface area contributed by atoms with E-state index < -0.39 is 5.54 Å². The van der Waals surface area contributed by atoms with Gasteiger partial charge in [-0.15, -0.1) is 0 Å². The normalized spacial score (nSPS) is 17.2. The van der Waals surface area contributed by atoms with Crippen LogP contribution in [0.5, 0.6) is 0 Å². The molecule has 3 rings (SSSR count). The summed E-state index contributed by atoms with van der Waals surface area (Å²) in [6.07, 6.45) is 1.64. The van der Waals surface area contributed by atoms with E-state index in [2.05, 4.69) is 10.3 Å². The van der Waals surface area contributed by atoms with Crippen LogP contribution in [0.25, 0.3) is 0 Å². The number of nitrogens with one attached hydrogen (secondary N) is 1. The van der Waals surface area contributed by atoms with Crippen LogP contribution >= 0.6 is 11.6 Å².